The van der Waals surface area contributed by atoms with E-state index in [0.29, 0.717) is 19.8 Å². The summed E-state index contributed by atoms with van der Waals surface area (Å²) in [6.45, 7) is 1.49. The van der Waals surface area contributed by atoms with Crippen LogP contribution in [0.1, 0.15) is 17.0 Å². The lowest BCUT2D eigenvalue weighted by Crippen LogP contribution is -2.55. The van der Waals surface area contributed by atoms with Gasteiger partial charge in [0.25, 0.3) is 0 Å². The van der Waals surface area contributed by atoms with Crippen molar-refractivity contribution < 1.29 is 19.4 Å². The number of fused-ring (bicyclic) bond motifs is 1. The molecule has 0 spiro atoms. The summed E-state index contributed by atoms with van der Waals surface area (Å²) in [5.74, 6) is -0.0106. The first-order chi connectivity index (χ1) is 15.0. The van der Waals surface area contributed by atoms with Gasteiger partial charge in [-0.25, -0.2) is 0 Å². The Morgan fingerprint density at radius 2 is 1.81 bits per heavy atom. The van der Waals surface area contributed by atoms with E-state index in [1.165, 1.54) is 10.3 Å². The molecular formula is C25H25BrNO4-. The lowest BCUT2D eigenvalue weighted by molar-refractivity contribution is -0.270. The van der Waals surface area contributed by atoms with E-state index in [1.807, 2.05) is 24.3 Å². The summed E-state index contributed by atoms with van der Waals surface area (Å²) in [5.41, 5.74) is 2.17. The molecule has 6 heteroatoms. The first kappa shape index (κ1) is 21.8. The lowest BCUT2D eigenvalue weighted by atomic mass is 9.79. The molecule has 0 saturated carbocycles. The number of rotatable bonds is 6. The highest BCUT2D eigenvalue weighted by molar-refractivity contribution is 9.10. The summed E-state index contributed by atoms with van der Waals surface area (Å²) in [5, 5.41) is 14.0. The fourth-order valence-electron chi connectivity index (χ4n) is 4.49. The smallest absolute Gasteiger partial charge is 0.137 e. The minimum atomic E-state index is -1.17. The summed E-state index contributed by atoms with van der Waals surface area (Å²) in [6.07, 6.45) is -1.48. The van der Waals surface area contributed by atoms with Crippen LogP contribution in [0.2, 0.25) is 0 Å². The van der Waals surface area contributed by atoms with E-state index in [-0.39, 0.29) is 24.5 Å². The number of piperidine rings is 1. The van der Waals surface area contributed by atoms with Crippen LogP contribution in [0, 0.1) is 5.92 Å². The standard InChI is InChI=1S/C25H26BrNO4/c1-30-16-21-13-27(25(28)29)14-23(24(21)19-8-10-22(26)11-9-19)31-15-17-6-7-18-4-2-3-5-20(18)12-17/h2-12,21,23-24H,13-16H2,1H3,(H,28,29)/p-1. The van der Waals surface area contributed by atoms with Crippen LogP contribution in [-0.4, -0.2) is 43.9 Å². The van der Waals surface area contributed by atoms with Gasteiger partial charge in [0.15, 0.2) is 0 Å². The largest absolute Gasteiger partial charge is 0.530 e. The van der Waals surface area contributed by atoms with Crippen molar-refractivity contribution in [2.75, 3.05) is 26.8 Å². The Balaban J connectivity index is 1.60. The van der Waals surface area contributed by atoms with Crippen LogP contribution in [0.25, 0.3) is 10.8 Å². The van der Waals surface area contributed by atoms with Gasteiger partial charge < -0.3 is 24.3 Å². The minimum absolute atomic E-state index is 0.0177. The number of methoxy groups -OCH3 is 1. The second-order valence-corrected chi connectivity index (χ2v) is 8.91. The number of carbonyl (C=O) groups excluding carboxylic acids is 1. The summed E-state index contributed by atoms with van der Waals surface area (Å²) in [6, 6.07) is 22.6. The molecule has 3 unspecified atom stereocenters. The van der Waals surface area contributed by atoms with Crippen molar-refractivity contribution in [1.29, 1.82) is 0 Å². The lowest BCUT2D eigenvalue weighted by Gasteiger charge is -2.44. The van der Waals surface area contributed by atoms with Crippen LogP contribution in [-0.2, 0) is 16.1 Å². The van der Waals surface area contributed by atoms with E-state index in [9.17, 15) is 9.90 Å². The summed E-state index contributed by atoms with van der Waals surface area (Å²) in [4.78, 5) is 13.0. The number of likely N-dealkylation sites (tertiary alicyclic amines) is 1. The van der Waals surface area contributed by atoms with Crippen molar-refractivity contribution in [1.82, 2.24) is 4.90 Å². The Kier molecular flexibility index (Phi) is 6.90. The third-order valence-electron chi connectivity index (χ3n) is 5.94. The normalized spacial score (nSPS) is 21.4. The average molecular weight is 483 g/mol. The molecule has 31 heavy (non-hydrogen) atoms. The van der Waals surface area contributed by atoms with Crippen LogP contribution >= 0.6 is 15.9 Å². The molecule has 1 fully saturated rings. The second kappa shape index (κ2) is 9.81. The number of hydrogen-bond acceptors (Lipinski definition) is 4. The molecule has 4 rings (SSSR count). The Hall–Kier alpha value is -2.41. The van der Waals surface area contributed by atoms with Gasteiger partial charge in [-0.2, -0.15) is 0 Å². The minimum Gasteiger partial charge on any atom is -0.530 e. The number of nitrogens with zero attached hydrogens (tertiary/aromatic N) is 1. The van der Waals surface area contributed by atoms with Crippen molar-refractivity contribution in [2.24, 2.45) is 5.92 Å². The maximum Gasteiger partial charge on any atom is 0.137 e. The number of benzene rings is 3. The van der Waals surface area contributed by atoms with Crippen molar-refractivity contribution in [3.63, 3.8) is 0 Å². The zero-order valence-electron chi connectivity index (χ0n) is 17.4. The Labute approximate surface area is 190 Å². The topological polar surface area (TPSA) is 61.8 Å². The highest BCUT2D eigenvalue weighted by Gasteiger charge is 2.38. The molecule has 1 heterocycles. The van der Waals surface area contributed by atoms with Crippen LogP contribution < -0.4 is 5.11 Å². The number of ether oxygens (including phenoxy) is 2. The molecule has 1 saturated heterocycles. The van der Waals surface area contributed by atoms with Crippen molar-refractivity contribution >= 4 is 32.8 Å². The first-order valence-electron chi connectivity index (χ1n) is 10.3. The predicted molar refractivity (Wildman–Crippen MR) is 122 cm³/mol. The third kappa shape index (κ3) is 5.09. The zero-order valence-corrected chi connectivity index (χ0v) is 19.0. The number of carbonyl (C=O) groups is 1. The van der Waals surface area contributed by atoms with Crippen LogP contribution in [0.4, 0.5) is 4.79 Å². The Morgan fingerprint density at radius 3 is 2.52 bits per heavy atom. The zero-order chi connectivity index (χ0) is 21.8. The molecule has 0 aliphatic carbocycles. The molecule has 0 N–H and O–H groups in total. The molecule has 3 atom stereocenters. The van der Waals surface area contributed by atoms with Gasteiger partial charge in [0.05, 0.1) is 19.3 Å². The van der Waals surface area contributed by atoms with Crippen molar-refractivity contribution in [3.8, 4) is 0 Å². The highest BCUT2D eigenvalue weighted by Crippen LogP contribution is 2.36. The van der Waals surface area contributed by atoms with Gasteiger partial charge in [0, 0.05) is 36.5 Å². The SMILES string of the molecule is COCC1CN(C(=O)[O-])CC(OCc2ccc3ccccc3c2)C1c1ccc(Br)cc1. The van der Waals surface area contributed by atoms with Gasteiger partial charge >= 0.3 is 0 Å². The molecule has 3 aromatic carbocycles. The van der Waals surface area contributed by atoms with Crippen LogP contribution in [0.3, 0.4) is 0 Å². The number of carboxylic acid groups (broad SMARTS) is 1. The maximum atomic E-state index is 11.7. The maximum absolute atomic E-state index is 11.7. The van der Waals surface area contributed by atoms with E-state index < -0.39 is 6.09 Å². The first-order valence-corrected chi connectivity index (χ1v) is 11.1. The molecule has 1 aliphatic rings. The van der Waals surface area contributed by atoms with E-state index in [1.54, 1.807) is 7.11 Å². The fraction of sp³-hybridized carbons (Fsp3) is 0.320. The van der Waals surface area contributed by atoms with Crippen molar-refractivity contribution in [3.05, 3.63) is 82.3 Å². The van der Waals surface area contributed by atoms with Crippen LogP contribution in [0.5, 0.6) is 0 Å². The molecule has 162 valence electrons. The quantitative estimate of drug-likeness (QED) is 0.528. The molecule has 1 aliphatic heterocycles. The van der Waals surface area contributed by atoms with Crippen molar-refractivity contribution in [2.45, 2.75) is 18.6 Å². The summed E-state index contributed by atoms with van der Waals surface area (Å²) in [7, 11) is 1.64. The van der Waals surface area contributed by atoms with Gasteiger partial charge in [-0.15, -0.1) is 0 Å². The molecule has 0 aromatic heterocycles. The third-order valence-corrected chi connectivity index (χ3v) is 6.46. The van der Waals surface area contributed by atoms with Gasteiger partial charge in [-0.1, -0.05) is 64.5 Å². The molecule has 1 amide bonds. The molecule has 3 aromatic rings. The van der Waals surface area contributed by atoms with Gasteiger partial charge in [0.2, 0.25) is 0 Å². The van der Waals surface area contributed by atoms with Gasteiger partial charge in [-0.3, -0.25) is 0 Å². The summed E-state index contributed by atoms with van der Waals surface area (Å²) >= 11 is 3.49. The number of hydrogen-bond donors (Lipinski definition) is 0. The summed E-state index contributed by atoms with van der Waals surface area (Å²) < 4.78 is 12.8. The monoisotopic (exact) mass is 482 g/mol. The van der Waals surface area contributed by atoms with E-state index in [2.05, 4.69) is 58.4 Å². The van der Waals surface area contributed by atoms with E-state index in [0.717, 1.165) is 21.0 Å². The van der Waals surface area contributed by atoms with E-state index in [4.69, 9.17) is 9.47 Å². The Morgan fingerprint density at radius 1 is 1.06 bits per heavy atom. The van der Waals surface area contributed by atoms with E-state index >= 15 is 0 Å². The van der Waals surface area contributed by atoms with Gasteiger partial charge in [-0.05, 0) is 40.1 Å². The molecule has 5 nitrogen and oxygen atoms in total. The predicted octanol–water partition coefficient (Wildman–Crippen LogP) is 4.19. The van der Waals surface area contributed by atoms with Gasteiger partial charge in [0.1, 0.15) is 6.09 Å². The molecule has 0 bridgehead atoms. The molecule has 0 radical (unpaired) electrons. The Bertz CT molecular complexity index is 1040. The number of halogens is 1. The average Bonchev–Trinajstić information content (AvgIpc) is 2.78. The number of amides is 1. The highest BCUT2D eigenvalue weighted by atomic mass is 79.9. The fourth-order valence-corrected chi connectivity index (χ4v) is 4.75. The molecular weight excluding hydrogens is 458 g/mol. The second-order valence-electron chi connectivity index (χ2n) is 7.99. The van der Waals surface area contributed by atoms with Crippen LogP contribution in [0.15, 0.2) is 71.2 Å².